The monoisotopic (exact) mass is 325 g/mol. The van der Waals surface area contributed by atoms with Crippen LogP contribution in [-0.2, 0) is 14.3 Å². The first kappa shape index (κ1) is 23.7. The summed E-state index contributed by atoms with van der Waals surface area (Å²) in [6, 6.07) is 0. The fourth-order valence-corrected chi connectivity index (χ4v) is 1.82. The standard InChI is InChI=1S/C15H28O2.C4H7NO/c1-3-5-6-7-8-9-10-11-12-13-14-17-15(16)4-2;1-3(2)4(5)6/h4H,2-3,5-14H2,1H3;1H2,2H3,(H2,5,6). The van der Waals surface area contributed by atoms with Crippen molar-refractivity contribution in [3.05, 3.63) is 24.8 Å². The van der Waals surface area contributed by atoms with E-state index in [-0.39, 0.29) is 5.97 Å². The quantitative estimate of drug-likeness (QED) is 0.303. The molecule has 0 aromatic carbocycles. The maximum atomic E-state index is 10.7. The Morgan fingerprint density at radius 1 is 0.957 bits per heavy atom. The number of hydrogen-bond donors (Lipinski definition) is 1. The van der Waals surface area contributed by atoms with Crippen molar-refractivity contribution in [1.82, 2.24) is 0 Å². The lowest BCUT2D eigenvalue weighted by molar-refractivity contribution is -0.137. The van der Waals surface area contributed by atoms with Gasteiger partial charge in [-0.2, -0.15) is 0 Å². The van der Waals surface area contributed by atoms with E-state index in [4.69, 9.17) is 10.5 Å². The second kappa shape index (κ2) is 18.5. The van der Waals surface area contributed by atoms with Crippen molar-refractivity contribution in [2.24, 2.45) is 5.73 Å². The lowest BCUT2D eigenvalue weighted by Gasteiger charge is -2.03. The molecule has 134 valence electrons. The molecule has 0 heterocycles. The van der Waals surface area contributed by atoms with E-state index in [0.717, 1.165) is 6.42 Å². The normalized spacial score (nSPS) is 9.48. The number of rotatable bonds is 13. The number of primary amides is 1. The highest BCUT2D eigenvalue weighted by Gasteiger charge is 1.95. The third-order valence-electron chi connectivity index (χ3n) is 3.33. The van der Waals surface area contributed by atoms with Gasteiger partial charge >= 0.3 is 5.97 Å². The average molecular weight is 325 g/mol. The van der Waals surface area contributed by atoms with Crippen LogP contribution in [0.4, 0.5) is 0 Å². The Hall–Kier alpha value is -1.58. The molecule has 0 atom stereocenters. The number of amides is 1. The van der Waals surface area contributed by atoms with E-state index in [1.54, 1.807) is 6.92 Å². The van der Waals surface area contributed by atoms with Gasteiger partial charge in [-0.15, -0.1) is 0 Å². The van der Waals surface area contributed by atoms with E-state index in [2.05, 4.69) is 20.1 Å². The summed E-state index contributed by atoms with van der Waals surface area (Å²) in [6.07, 6.45) is 14.2. The average Bonchev–Trinajstić information content (AvgIpc) is 2.52. The fraction of sp³-hybridized carbons (Fsp3) is 0.684. The van der Waals surface area contributed by atoms with Crippen LogP contribution in [0, 0.1) is 0 Å². The van der Waals surface area contributed by atoms with Crippen molar-refractivity contribution in [3.63, 3.8) is 0 Å². The molecule has 0 saturated carbocycles. The van der Waals surface area contributed by atoms with Gasteiger partial charge in [0, 0.05) is 11.6 Å². The summed E-state index contributed by atoms with van der Waals surface area (Å²) < 4.78 is 4.91. The van der Waals surface area contributed by atoms with Gasteiger partial charge in [0.1, 0.15) is 0 Å². The Kier molecular flexibility index (Phi) is 19.0. The Bertz CT molecular complexity index is 326. The van der Waals surface area contributed by atoms with E-state index in [9.17, 15) is 9.59 Å². The van der Waals surface area contributed by atoms with Gasteiger partial charge in [-0.25, -0.2) is 4.79 Å². The molecule has 0 unspecified atom stereocenters. The van der Waals surface area contributed by atoms with E-state index in [1.165, 1.54) is 63.9 Å². The van der Waals surface area contributed by atoms with Gasteiger partial charge in [0.2, 0.25) is 5.91 Å². The smallest absolute Gasteiger partial charge is 0.330 e. The van der Waals surface area contributed by atoms with Gasteiger partial charge in [-0.1, -0.05) is 77.9 Å². The molecule has 0 aliphatic rings. The highest BCUT2D eigenvalue weighted by Crippen LogP contribution is 2.10. The first-order valence-electron chi connectivity index (χ1n) is 8.70. The van der Waals surface area contributed by atoms with Crippen molar-refractivity contribution < 1.29 is 14.3 Å². The van der Waals surface area contributed by atoms with E-state index in [0.29, 0.717) is 12.2 Å². The largest absolute Gasteiger partial charge is 0.463 e. The van der Waals surface area contributed by atoms with Gasteiger partial charge in [0.15, 0.2) is 0 Å². The molecule has 0 fully saturated rings. The van der Waals surface area contributed by atoms with Crippen LogP contribution in [0.15, 0.2) is 24.8 Å². The molecule has 0 spiro atoms. The minimum absolute atomic E-state index is 0.305. The zero-order valence-corrected chi connectivity index (χ0v) is 15.1. The Morgan fingerprint density at radius 2 is 1.35 bits per heavy atom. The molecule has 23 heavy (non-hydrogen) atoms. The number of unbranched alkanes of at least 4 members (excludes halogenated alkanes) is 9. The fourth-order valence-electron chi connectivity index (χ4n) is 1.82. The van der Waals surface area contributed by atoms with Gasteiger partial charge in [-0.05, 0) is 13.3 Å². The first-order chi connectivity index (χ1) is 11.0. The molecule has 0 saturated heterocycles. The molecular weight excluding hydrogens is 290 g/mol. The molecule has 0 aliphatic heterocycles. The summed E-state index contributed by atoms with van der Waals surface area (Å²) in [5.41, 5.74) is 5.09. The minimum atomic E-state index is -0.435. The maximum Gasteiger partial charge on any atom is 0.330 e. The third kappa shape index (κ3) is 22.8. The van der Waals surface area contributed by atoms with Crippen LogP contribution >= 0.6 is 0 Å². The van der Waals surface area contributed by atoms with Gasteiger partial charge in [0.25, 0.3) is 0 Å². The van der Waals surface area contributed by atoms with Gasteiger partial charge < -0.3 is 10.5 Å². The number of carbonyl (C=O) groups excluding carboxylic acids is 2. The minimum Gasteiger partial charge on any atom is -0.463 e. The van der Waals surface area contributed by atoms with Crippen LogP contribution in [0.5, 0.6) is 0 Å². The molecular formula is C19H35NO3. The molecule has 0 radical (unpaired) electrons. The molecule has 0 aromatic rings. The van der Waals surface area contributed by atoms with Crippen LogP contribution in [0.3, 0.4) is 0 Å². The summed E-state index contributed by atoms with van der Waals surface area (Å²) >= 11 is 0. The molecule has 4 nitrogen and oxygen atoms in total. The van der Waals surface area contributed by atoms with Crippen molar-refractivity contribution in [2.75, 3.05) is 6.61 Å². The van der Waals surface area contributed by atoms with Gasteiger partial charge in [-0.3, -0.25) is 4.79 Å². The van der Waals surface area contributed by atoms with Crippen molar-refractivity contribution in [2.45, 2.75) is 78.1 Å². The SMILES string of the molecule is C=C(C)C(N)=O.C=CC(=O)OCCCCCCCCCCCC. The van der Waals surface area contributed by atoms with Crippen LogP contribution in [0.25, 0.3) is 0 Å². The number of hydrogen-bond acceptors (Lipinski definition) is 3. The zero-order valence-electron chi connectivity index (χ0n) is 15.1. The highest BCUT2D eigenvalue weighted by molar-refractivity contribution is 5.90. The Labute approximate surface area is 142 Å². The molecule has 1 amide bonds. The number of nitrogens with two attached hydrogens (primary N) is 1. The summed E-state index contributed by atoms with van der Waals surface area (Å²) in [6.45, 7) is 11.0. The van der Waals surface area contributed by atoms with E-state index in [1.807, 2.05) is 0 Å². The summed E-state index contributed by atoms with van der Waals surface area (Å²) in [4.78, 5) is 20.6. The van der Waals surface area contributed by atoms with Crippen molar-refractivity contribution >= 4 is 11.9 Å². The number of ether oxygens (including phenoxy) is 1. The van der Waals surface area contributed by atoms with Crippen LogP contribution in [-0.4, -0.2) is 18.5 Å². The summed E-state index contributed by atoms with van der Waals surface area (Å²) in [5, 5.41) is 0. The molecule has 4 heteroatoms. The van der Waals surface area contributed by atoms with Crippen molar-refractivity contribution in [1.29, 1.82) is 0 Å². The van der Waals surface area contributed by atoms with Crippen molar-refractivity contribution in [3.8, 4) is 0 Å². The molecule has 0 aliphatic carbocycles. The molecule has 0 rings (SSSR count). The number of esters is 1. The Morgan fingerprint density at radius 3 is 1.70 bits per heavy atom. The van der Waals surface area contributed by atoms with Crippen LogP contribution in [0.2, 0.25) is 0 Å². The molecule has 0 bridgehead atoms. The first-order valence-corrected chi connectivity index (χ1v) is 8.70. The van der Waals surface area contributed by atoms with Crippen LogP contribution < -0.4 is 5.73 Å². The van der Waals surface area contributed by atoms with E-state index < -0.39 is 5.91 Å². The second-order valence-electron chi connectivity index (χ2n) is 5.70. The zero-order chi connectivity index (χ0) is 17.9. The molecule has 2 N–H and O–H groups in total. The Balaban J connectivity index is 0. The second-order valence-corrected chi connectivity index (χ2v) is 5.70. The van der Waals surface area contributed by atoms with E-state index >= 15 is 0 Å². The lowest BCUT2D eigenvalue weighted by atomic mass is 10.1. The topological polar surface area (TPSA) is 69.4 Å². The third-order valence-corrected chi connectivity index (χ3v) is 3.33. The van der Waals surface area contributed by atoms with Crippen LogP contribution in [0.1, 0.15) is 78.1 Å². The lowest BCUT2D eigenvalue weighted by Crippen LogP contribution is -2.10. The summed E-state index contributed by atoms with van der Waals surface area (Å²) in [5.74, 6) is -0.740. The van der Waals surface area contributed by atoms with Gasteiger partial charge in [0.05, 0.1) is 6.61 Å². The predicted molar refractivity (Wildman–Crippen MR) is 97.0 cm³/mol. The predicted octanol–water partition coefficient (Wildman–Crippen LogP) is 4.68. The highest BCUT2D eigenvalue weighted by atomic mass is 16.5. The molecule has 0 aromatic heterocycles. The summed E-state index contributed by atoms with van der Waals surface area (Å²) in [7, 11) is 0. The number of carbonyl (C=O) groups is 2. The maximum absolute atomic E-state index is 10.7.